The molecule has 1 aliphatic carbocycles. The second-order valence-corrected chi connectivity index (χ2v) is 5.88. The highest BCUT2D eigenvalue weighted by Crippen LogP contribution is 2.44. The van der Waals surface area contributed by atoms with Gasteiger partial charge in [0, 0.05) is 26.6 Å². The first-order chi connectivity index (χ1) is 9.03. The molecule has 2 rings (SSSR count). The number of amides is 1. The summed E-state index contributed by atoms with van der Waals surface area (Å²) < 4.78 is 5.61. The zero-order valence-corrected chi connectivity index (χ0v) is 11.6. The van der Waals surface area contributed by atoms with E-state index in [0.29, 0.717) is 19.4 Å². The Morgan fingerprint density at radius 1 is 1.32 bits per heavy atom. The standard InChI is InChI=1S/C14H23NO4/c1-15(10-11-5-2-3-8-19-11)12(16)9-14(13(17)18)6-4-7-14/h11H,2-10H2,1H3,(H,17,18). The summed E-state index contributed by atoms with van der Waals surface area (Å²) in [7, 11) is 1.74. The molecule has 1 saturated carbocycles. The van der Waals surface area contributed by atoms with Gasteiger partial charge >= 0.3 is 5.97 Å². The van der Waals surface area contributed by atoms with E-state index in [1.165, 1.54) is 0 Å². The normalized spacial score (nSPS) is 25.4. The van der Waals surface area contributed by atoms with Crippen LogP contribution in [0.25, 0.3) is 0 Å². The van der Waals surface area contributed by atoms with Crippen molar-refractivity contribution in [2.45, 2.75) is 51.0 Å². The molecular weight excluding hydrogens is 246 g/mol. The average molecular weight is 269 g/mol. The summed E-state index contributed by atoms with van der Waals surface area (Å²) >= 11 is 0. The number of likely N-dealkylation sites (N-methyl/N-ethyl adjacent to an activating group) is 1. The van der Waals surface area contributed by atoms with E-state index >= 15 is 0 Å². The van der Waals surface area contributed by atoms with Gasteiger partial charge in [-0.3, -0.25) is 9.59 Å². The van der Waals surface area contributed by atoms with Crippen molar-refractivity contribution in [3.63, 3.8) is 0 Å². The largest absolute Gasteiger partial charge is 0.481 e. The van der Waals surface area contributed by atoms with Gasteiger partial charge in [-0.1, -0.05) is 6.42 Å². The number of carboxylic acid groups (broad SMARTS) is 1. The minimum Gasteiger partial charge on any atom is -0.481 e. The van der Waals surface area contributed by atoms with Gasteiger partial charge in [-0.15, -0.1) is 0 Å². The van der Waals surface area contributed by atoms with Crippen molar-refractivity contribution in [3.8, 4) is 0 Å². The summed E-state index contributed by atoms with van der Waals surface area (Å²) in [4.78, 5) is 25.0. The Kier molecular flexibility index (Phi) is 4.45. The predicted octanol–water partition coefficient (Wildman–Crippen LogP) is 1.66. The fourth-order valence-corrected chi connectivity index (χ4v) is 2.85. The first kappa shape index (κ1) is 14.3. The second kappa shape index (κ2) is 5.90. The monoisotopic (exact) mass is 269 g/mol. The van der Waals surface area contributed by atoms with Crippen LogP contribution < -0.4 is 0 Å². The van der Waals surface area contributed by atoms with Gasteiger partial charge in [0.15, 0.2) is 0 Å². The SMILES string of the molecule is CN(CC1CCCCO1)C(=O)CC1(C(=O)O)CCC1. The van der Waals surface area contributed by atoms with Crippen LogP contribution in [0.1, 0.15) is 44.9 Å². The summed E-state index contributed by atoms with van der Waals surface area (Å²) in [5, 5.41) is 9.24. The maximum absolute atomic E-state index is 12.1. The predicted molar refractivity (Wildman–Crippen MR) is 69.8 cm³/mol. The van der Waals surface area contributed by atoms with Crippen molar-refractivity contribution in [2.24, 2.45) is 5.41 Å². The molecule has 1 saturated heterocycles. The molecule has 0 aromatic heterocycles. The molecule has 1 unspecified atom stereocenters. The van der Waals surface area contributed by atoms with E-state index in [9.17, 15) is 14.7 Å². The molecule has 19 heavy (non-hydrogen) atoms. The van der Waals surface area contributed by atoms with Crippen molar-refractivity contribution >= 4 is 11.9 Å². The summed E-state index contributed by atoms with van der Waals surface area (Å²) in [5.41, 5.74) is -0.793. The maximum Gasteiger partial charge on any atom is 0.310 e. The highest BCUT2D eigenvalue weighted by atomic mass is 16.5. The molecule has 0 bridgehead atoms. The lowest BCUT2D eigenvalue weighted by atomic mass is 9.66. The van der Waals surface area contributed by atoms with E-state index in [0.717, 1.165) is 32.3 Å². The van der Waals surface area contributed by atoms with Gasteiger partial charge in [-0.05, 0) is 32.1 Å². The third-order valence-corrected chi connectivity index (χ3v) is 4.43. The molecule has 5 nitrogen and oxygen atoms in total. The van der Waals surface area contributed by atoms with Gasteiger partial charge in [0.25, 0.3) is 0 Å². The highest BCUT2D eigenvalue weighted by molar-refractivity contribution is 5.85. The molecule has 2 fully saturated rings. The maximum atomic E-state index is 12.1. The van der Waals surface area contributed by atoms with E-state index < -0.39 is 11.4 Å². The van der Waals surface area contributed by atoms with Crippen LogP contribution in [0.4, 0.5) is 0 Å². The van der Waals surface area contributed by atoms with E-state index in [-0.39, 0.29) is 18.4 Å². The number of hydrogen-bond donors (Lipinski definition) is 1. The molecule has 1 aliphatic heterocycles. The number of nitrogens with zero attached hydrogens (tertiary/aromatic N) is 1. The number of ether oxygens (including phenoxy) is 1. The molecule has 0 spiro atoms. The summed E-state index contributed by atoms with van der Waals surface area (Å²) in [5.74, 6) is -0.898. The van der Waals surface area contributed by atoms with Crippen LogP contribution in [0.15, 0.2) is 0 Å². The van der Waals surface area contributed by atoms with Gasteiger partial charge in [-0.2, -0.15) is 0 Å². The Hall–Kier alpha value is -1.10. The number of aliphatic carboxylic acids is 1. The number of rotatable bonds is 5. The van der Waals surface area contributed by atoms with Crippen LogP contribution in [0, 0.1) is 5.41 Å². The number of hydrogen-bond acceptors (Lipinski definition) is 3. The third kappa shape index (κ3) is 3.26. The fraction of sp³-hybridized carbons (Fsp3) is 0.857. The zero-order valence-electron chi connectivity index (χ0n) is 11.6. The molecular formula is C14H23NO4. The fourth-order valence-electron chi connectivity index (χ4n) is 2.85. The van der Waals surface area contributed by atoms with Crippen molar-refractivity contribution < 1.29 is 19.4 Å². The number of carboxylic acids is 1. The van der Waals surface area contributed by atoms with Crippen molar-refractivity contribution in [1.82, 2.24) is 4.90 Å². The number of carbonyl (C=O) groups excluding carboxylic acids is 1. The molecule has 108 valence electrons. The third-order valence-electron chi connectivity index (χ3n) is 4.43. The zero-order chi connectivity index (χ0) is 13.9. The lowest BCUT2D eigenvalue weighted by molar-refractivity contribution is -0.159. The molecule has 0 aromatic carbocycles. The number of carbonyl (C=O) groups is 2. The van der Waals surface area contributed by atoms with Crippen molar-refractivity contribution in [2.75, 3.05) is 20.2 Å². The van der Waals surface area contributed by atoms with Gasteiger partial charge in [-0.25, -0.2) is 0 Å². The molecule has 1 atom stereocenters. The van der Waals surface area contributed by atoms with Gasteiger partial charge in [0.05, 0.1) is 11.5 Å². The van der Waals surface area contributed by atoms with E-state index in [1.807, 2.05) is 0 Å². The Morgan fingerprint density at radius 2 is 2.05 bits per heavy atom. The van der Waals surface area contributed by atoms with Crippen LogP contribution in [0.2, 0.25) is 0 Å². The van der Waals surface area contributed by atoms with E-state index in [4.69, 9.17) is 4.74 Å². The Morgan fingerprint density at radius 3 is 2.53 bits per heavy atom. The Labute approximate surface area is 113 Å². The lowest BCUT2D eigenvalue weighted by Gasteiger charge is -2.38. The van der Waals surface area contributed by atoms with Crippen LogP contribution >= 0.6 is 0 Å². The quantitative estimate of drug-likeness (QED) is 0.824. The van der Waals surface area contributed by atoms with E-state index in [1.54, 1.807) is 11.9 Å². The minimum atomic E-state index is -0.825. The summed E-state index contributed by atoms with van der Waals surface area (Å²) in [6, 6.07) is 0. The topological polar surface area (TPSA) is 66.8 Å². The van der Waals surface area contributed by atoms with E-state index in [2.05, 4.69) is 0 Å². The van der Waals surface area contributed by atoms with Crippen molar-refractivity contribution in [1.29, 1.82) is 0 Å². The molecule has 1 N–H and O–H groups in total. The van der Waals surface area contributed by atoms with Crippen LogP contribution in [-0.4, -0.2) is 48.2 Å². The highest BCUT2D eigenvalue weighted by Gasteiger charge is 2.46. The van der Waals surface area contributed by atoms with Gasteiger partial charge in [0.2, 0.25) is 5.91 Å². The Bertz CT molecular complexity index is 345. The van der Waals surface area contributed by atoms with Gasteiger partial charge < -0.3 is 14.7 Å². The lowest BCUT2D eigenvalue weighted by Crippen LogP contribution is -2.44. The first-order valence-corrected chi connectivity index (χ1v) is 7.12. The van der Waals surface area contributed by atoms with Crippen LogP contribution in [0.5, 0.6) is 0 Å². The van der Waals surface area contributed by atoms with Gasteiger partial charge in [0.1, 0.15) is 0 Å². The summed E-state index contributed by atoms with van der Waals surface area (Å²) in [6.07, 6.45) is 5.64. The smallest absolute Gasteiger partial charge is 0.310 e. The first-order valence-electron chi connectivity index (χ1n) is 7.12. The van der Waals surface area contributed by atoms with Crippen LogP contribution in [0.3, 0.4) is 0 Å². The van der Waals surface area contributed by atoms with Crippen molar-refractivity contribution in [3.05, 3.63) is 0 Å². The average Bonchev–Trinajstić information content (AvgIpc) is 2.34. The Balaban J connectivity index is 1.83. The molecule has 5 heteroatoms. The minimum absolute atomic E-state index is 0.0729. The van der Waals surface area contributed by atoms with Crippen LogP contribution in [-0.2, 0) is 14.3 Å². The molecule has 1 amide bonds. The molecule has 2 aliphatic rings. The molecule has 0 aromatic rings. The molecule has 0 radical (unpaired) electrons. The second-order valence-electron chi connectivity index (χ2n) is 5.88. The summed E-state index contributed by atoms with van der Waals surface area (Å²) in [6.45, 7) is 1.35. The molecule has 1 heterocycles.